The molecule has 0 bridgehead atoms. The third-order valence-electron chi connectivity index (χ3n) is 2.22. The molecule has 90 valence electrons. The second-order valence-corrected chi connectivity index (χ2v) is 5.85. The Morgan fingerprint density at radius 2 is 1.69 bits per heavy atom. The zero-order chi connectivity index (χ0) is 12.4. The van der Waals surface area contributed by atoms with E-state index in [9.17, 15) is 21.6 Å². The number of alkyl halides is 3. The largest absolute Gasteiger partial charge is 0.497 e. The number of benzene rings is 1. The number of rotatable bonds is 3. The van der Waals surface area contributed by atoms with Crippen molar-refractivity contribution in [2.45, 2.75) is 24.1 Å². The fourth-order valence-corrected chi connectivity index (χ4v) is 2.15. The lowest BCUT2D eigenvalue weighted by Gasteiger charge is -2.14. The first-order valence-electron chi connectivity index (χ1n) is 4.59. The zero-order valence-electron chi connectivity index (χ0n) is 8.53. The number of sulfone groups is 1. The molecular weight excluding hydrogens is 241 g/mol. The molecule has 0 N–H and O–H groups in total. The Balaban J connectivity index is 2.86. The molecule has 2 nitrogen and oxygen atoms in total. The lowest BCUT2D eigenvalue weighted by molar-refractivity contribution is -0.0443. The molecule has 0 fully saturated rings. The summed E-state index contributed by atoms with van der Waals surface area (Å²) in [5, 5.41) is -1.46. The van der Waals surface area contributed by atoms with E-state index in [4.69, 9.17) is 0 Å². The predicted octanol–water partition coefficient (Wildman–Crippen LogP) is 2.55. The normalized spacial score (nSPS) is 14.8. The Morgan fingerprint density at radius 3 is 2.12 bits per heavy atom. The lowest BCUT2D eigenvalue weighted by Crippen LogP contribution is -2.33. The van der Waals surface area contributed by atoms with Gasteiger partial charge in [-0.3, -0.25) is 0 Å². The Hall–Kier alpha value is -1.04. The van der Waals surface area contributed by atoms with Crippen molar-refractivity contribution >= 4 is 9.84 Å². The Bertz CT molecular complexity index is 437. The fraction of sp³-hybridized carbons (Fsp3) is 0.400. The van der Waals surface area contributed by atoms with Crippen molar-refractivity contribution < 1.29 is 21.6 Å². The molecule has 0 spiro atoms. The van der Waals surface area contributed by atoms with Gasteiger partial charge in [0.15, 0.2) is 0 Å². The van der Waals surface area contributed by atoms with Gasteiger partial charge < -0.3 is 0 Å². The van der Waals surface area contributed by atoms with Crippen LogP contribution in [0.25, 0.3) is 0 Å². The second kappa shape index (κ2) is 4.45. The minimum Gasteiger partial charge on any atom is -0.219 e. The molecule has 1 unspecified atom stereocenters. The first-order valence-corrected chi connectivity index (χ1v) is 6.14. The minimum atomic E-state index is -5.18. The minimum absolute atomic E-state index is 0.136. The molecule has 0 aliphatic carbocycles. The van der Waals surface area contributed by atoms with Crippen LogP contribution in [0.5, 0.6) is 0 Å². The summed E-state index contributed by atoms with van der Waals surface area (Å²) >= 11 is 0. The van der Waals surface area contributed by atoms with Crippen LogP contribution in [0.4, 0.5) is 13.2 Å². The van der Waals surface area contributed by atoms with Gasteiger partial charge in [-0.1, -0.05) is 30.3 Å². The van der Waals surface area contributed by atoms with Crippen LogP contribution in [0.2, 0.25) is 0 Å². The summed E-state index contributed by atoms with van der Waals surface area (Å²) in [6.07, 6.45) is -0.136. The van der Waals surface area contributed by atoms with E-state index in [0.29, 0.717) is 5.56 Å². The van der Waals surface area contributed by atoms with Crippen LogP contribution < -0.4 is 0 Å². The standard InChI is InChI=1S/C10H11F3O2S/c1-8(16(14,15)10(11,12)13)7-9-5-3-2-4-6-9/h2-6,8H,7H2,1H3. The lowest BCUT2D eigenvalue weighted by atomic mass is 10.1. The van der Waals surface area contributed by atoms with Gasteiger partial charge in [0.1, 0.15) is 0 Å². The van der Waals surface area contributed by atoms with E-state index >= 15 is 0 Å². The topological polar surface area (TPSA) is 34.1 Å². The molecule has 0 aliphatic rings. The number of hydrogen-bond donors (Lipinski definition) is 0. The van der Waals surface area contributed by atoms with Crippen LogP contribution in [0, 0.1) is 0 Å². The summed E-state index contributed by atoms with van der Waals surface area (Å²) < 4.78 is 58.7. The van der Waals surface area contributed by atoms with Crippen molar-refractivity contribution in [3.63, 3.8) is 0 Å². The van der Waals surface area contributed by atoms with Crippen LogP contribution in [0.1, 0.15) is 12.5 Å². The summed E-state index contributed by atoms with van der Waals surface area (Å²) in [7, 11) is -5.07. The SMILES string of the molecule is CC(Cc1ccccc1)S(=O)(=O)C(F)(F)F. The molecule has 1 aromatic carbocycles. The average Bonchev–Trinajstić information content (AvgIpc) is 2.17. The molecule has 0 radical (unpaired) electrons. The molecule has 6 heteroatoms. The summed E-state index contributed by atoms with van der Waals surface area (Å²) in [6, 6.07) is 8.22. The highest BCUT2D eigenvalue weighted by molar-refractivity contribution is 7.92. The summed E-state index contributed by atoms with van der Waals surface area (Å²) in [5.74, 6) is 0. The van der Waals surface area contributed by atoms with E-state index in [1.807, 2.05) is 0 Å². The average molecular weight is 252 g/mol. The van der Waals surface area contributed by atoms with Gasteiger partial charge in [0.2, 0.25) is 0 Å². The van der Waals surface area contributed by atoms with Gasteiger partial charge in [-0.15, -0.1) is 0 Å². The molecule has 0 heterocycles. The molecule has 0 aliphatic heterocycles. The third-order valence-corrected chi connectivity index (χ3v) is 4.09. The smallest absolute Gasteiger partial charge is 0.219 e. The van der Waals surface area contributed by atoms with Crippen molar-refractivity contribution in [1.82, 2.24) is 0 Å². The monoisotopic (exact) mass is 252 g/mol. The second-order valence-electron chi connectivity index (χ2n) is 3.49. The molecular formula is C10H11F3O2S. The van der Waals surface area contributed by atoms with Crippen LogP contribution >= 0.6 is 0 Å². The highest BCUT2D eigenvalue weighted by Crippen LogP contribution is 2.28. The van der Waals surface area contributed by atoms with Gasteiger partial charge in [-0.2, -0.15) is 13.2 Å². The van der Waals surface area contributed by atoms with E-state index in [-0.39, 0.29) is 6.42 Å². The molecule has 1 rings (SSSR count). The summed E-state index contributed by atoms with van der Waals surface area (Å²) in [6.45, 7) is 1.07. The van der Waals surface area contributed by atoms with E-state index in [1.165, 1.54) is 0 Å². The van der Waals surface area contributed by atoms with Crippen molar-refractivity contribution in [2.24, 2.45) is 0 Å². The van der Waals surface area contributed by atoms with E-state index < -0.39 is 20.6 Å². The zero-order valence-corrected chi connectivity index (χ0v) is 9.35. The summed E-state index contributed by atoms with van der Waals surface area (Å²) in [5.41, 5.74) is -4.61. The van der Waals surface area contributed by atoms with E-state index in [0.717, 1.165) is 6.92 Å². The van der Waals surface area contributed by atoms with Gasteiger partial charge in [0.05, 0.1) is 5.25 Å². The molecule has 0 amide bonds. The maximum atomic E-state index is 12.2. The summed E-state index contributed by atoms with van der Waals surface area (Å²) in [4.78, 5) is 0. The van der Waals surface area contributed by atoms with Gasteiger partial charge in [-0.25, -0.2) is 8.42 Å². The molecule has 1 aromatic rings. The first-order chi connectivity index (χ1) is 7.25. The third kappa shape index (κ3) is 2.75. The van der Waals surface area contributed by atoms with Gasteiger partial charge in [0, 0.05) is 0 Å². The van der Waals surface area contributed by atoms with Crippen molar-refractivity contribution in [3.8, 4) is 0 Å². The Labute approximate surface area is 92.0 Å². The van der Waals surface area contributed by atoms with Crippen LogP contribution in [0.3, 0.4) is 0 Å². The van der Waals surface area contributed by atoms with Crippen molar-refractivity contribution in [1.29, 1.82) is 0 Å². The quantitative estimate of drug-likeness (QED) is 0.828. The maximum absolute atomic E-state index is 12.2. The highest BCUT2D eigenvalue weighted by Gasteiger charge is 2.48. The molecule has 1 atom stereocenters. The predicted molar refractivity (Wildman–Crippen MR) is 54.6 cm³/mol. The van der Waals surface area contributed by atoms with Crippen LogP contribution in [0.15, 0.2) is 30.3 Å². The van der Waals surface area contributed by atoms with Crippen LogP contribution in [-0.4, -0.2) is 19.2 Å². The van der Waals surface area contributed by atoms with E-state index in [2.05, 4.69) is 0 Å². The van der Waals surface area contributed by atoms with Gasteiger partial charge in [-0.05, 0) is 18.9 Å². The maximum Gasteiger partial charge on any atom is 0.497 e. The molecule has 0 saturated carbocycles. The Morgan fingerprint density at radius 1 is 1.19 bits per heavy atom. The number of halogens is 3. The molecule has 16 heavy (non-hydrogen) atoms. The number of hydrogen-bond acceptors (Lipinski definition) is 2. The van der Waals surface area contributed by atoms with Gasteiger partial charge >= 0.3 is 5.51 Å². The van der Waals surface area contributed by atoms with Gasteiger partial charge in [0.25, 0.3) is 9.84 Å². The van der Waals surface area contributed by atoms with Crippen molar-refractivity contribution in [3.05, 3.63) is 35.9 Å². The Kier molecular flexibility index (Phi) is 3.62. The highest BCUT2D eigenvalue weighted by atomic mass is 32.2. The fourth-order valence-electron chi connectivity index (χ4n) is 1.28. The van der Waals surface area contributed by atoms with E-state index in [1.54, 1.807) is 30.3 Å². The molecule has 0 saturated heterocycles. The van der Waals surface area contributed by atoms with Crippen molar-refractivity contribution in [2.75, 3.05) is 0 Å². The first kappa shape index (κ1) is 13.0. The van der Waals surface area contributed by atoms with Crippen LogP contribution in [-0.2, 0) is 16.3 Å². The molecule has 0 aromatic heterocycles.